The molecular weight excluding hydrogens is 410 g/mol. The van der Waals surface area contributed by atoms with Crippen LogP contribution in [0.4, 0.5) is 17.3 Å². The highest BCUT2D eigenvalue weighted by atomic mass is 15.3. The van der Waals surface area contributed by atoms with Gasteiger partial charge in [-0.2, -0.15) is 5.10 Å². The molecular formula is C26H29N7. The van der Waals surface area contributed by atoms with E-state index in [0.717, 1.165) is 48.0 Å². The summed E-state index contributed by atoms with van der Waals surface area (Å²) >= 11 is 0. The van der Waals surface area contributed by atoms with Gasteiger partial charge >= 0.3 is 0 Å². The van der Waals surface area contributed by atoms with Crippen molar-refractivity contribution in [3.63, 3.8) is 0 Å². The first kappa shape index (κ1) is 21.1. The van der Waals surface area contributed by atoms with Gasteiger partial charge in [0.15, 0.2) is 0 Å². The SMILES string of the molecule is CCc1ncnn1-c1ccc(Nc2nccc(-c3cccc(N4CCCCCC4)c3)n2)cc1. The summed E-state index contributed by atoms with van der Waals surface area (Å²) in [6, 6.07) is 18.7. The molecule has 0 unspecified atom stereocenters. The molecule has 2 aromatic carbocycles. The lowest BCUT2D eigenvalue weighted by Crippen LogP contribution is -2.23. The van der Waals surface area contributed by atoms with Crippen molar-refractivity contribution in [2.24, 2.45) is 0 Å². The van der Waals surface area contributed by atoms with E-state index in [4.69, 9.17) is 4.98 Å². The Morgan fingerprint density at radius 2 is 1.70 bits per heavy atom. The normalized spacial score (nSPS) is 14.2. The van der Waals surface area contributed by atoms with Gasteiger partial charge in [0.05, 0.1) is 11.4 Å². The van der Waals surface area contributed by atoms with Crippen molar-refractivity contribution in [1.82, 2.24) is 24.7 Å². The van der Waals surface area contributed by atoms with Gasteiger partial charge < -0.3 is 10.2 Å². The average molecular weight is 440 g/mol. The zero-order valence-electron chi connectivity index (χ0n) is 19.0. The first-order valence-electron chi connectivity index (χ1n) is 11.7. The molecule has 4 aromatic rings. The average Bonchev–Trinajstić information content (AvgIpc) is 3.18. The van der Waals surface area contributed by atoms with Crippen LogP contribution >= 0.6 is 0 Å². The van der Waals surface area contributed by atoms with Gasteiger partial charge in [0, 0.05) is 42.6 Å². The van der Waals surface area contributed by atoms with Crippen LogP contribution in [0.15, 0.2) is 67.1 Å². The van der Waals surface area contributed by atoms with E-state index in [9.17, 15) is 0 Å². The standard InChI is InChI=1S/C26H29N7/c1-2-25-28-19-29-33(25)22-12-10-21(11-13-22)30-26-27-15-14-24(31-26)20-8-7-9-23(18-20)32-16-5-3-4-6-17-32/h7-15,18-19H,2-6,16-17H2,1H3,(H,27,30,31). The molecule has 1 N–H and O–H groups in total. The molecule has 5 rings (SSSR count). The number of anilines is 3. The third-order valence-corrected chi connectivity index (χ3v) is 6.07. The van der Waals surface area contributed by atoms with Gasteiger partial charge in [0.2, 0.25) is 5.95 Å². The van der Waals surface area contributed by atoms with Gasteiger partial charge in [-0.1, -0.05) is 31.9 Å². The van der Waals surface area contributed by atoms with E-state index < -0.39 is 0 Å². The number of rotatable bonds is 6. The van der Waals surface area contributed by atoms with Crippen molar-refractivity contribution in [3.8, 4) is 16.9 Å². The van der Waals surface area contributed by atoms with E-state index in [1.165, 1.54) is 31.4 Å². The minimum atomic E-state index is 0.579. The number of nitrogens with zero attached hydrogens (tertiary/aromatic N) is 6. The fourth-order valence-electron chi connectivity index (χ4n) is 4.31. The fourth-order valence-corrected chi connectivity index (χ4v) is 4.31. The largest absolute Gasteiger partial charge is 0.372 e. The van der Waals surface area contributed by atoms with Crippen molar-refractivity contribution < 1.29 is 0 Å². The van der Waals surface area contributed by atoms with Crippen molar-refractivity contribution in [1.29, 1.82) is 0 Å². The zero-order chi connectivity index (χ0) is 22.5. The van der Waals surface area contributed by atoms with E-state index in [1.54, 1.807) is 12.5 Å². The monoisotopic (exact) mass is 439 g/mol. The lowest BCUT2D eigenvalue weighted by molar-refractivity contribution is 0.726. The Morgan fingerprint density at radius 1 is 0.879 bits per heavy atom. The molecule has 0 radical (unpaired) electrons. The van der Waals surface area contributed by atoms with Gasteiger partial charge in [0.1, 0.15) is 12.2 Å². The van der Waals surface area contributed by atoms with Crippen molar-refractivity contribution >= 4 is 17.3 Å². The Labute approximate surface area is 194 Å². The molecule has 0 aliphatic carbocycles. The van der Waals surface area contributed by atoms with Crippen LogP contribution in [0.2, 0.25) is 0 Å². The van der Waals surface area contributed by atoms with Crippen LogP contribution in [0.3, 0.4) is 0 Å². The van der Waals surface area contributed by atoms with Crippen LogP contribution in [0.1, 0.15) is 38.4 Å². The van der Waals surface area contributed by atoms with Crippen molar-refractivity contribution in [2.45, 2.75) is 39.0 Å². The maximum atomic E-state index is 4.77. The van der Waals surface area contributed by atoms with Crippen LogP contribution in [-0.4, -0.2) is 37.8 Å². The molecule has 0 spiro atoms. The summed E-state index contributed by atoms with van der Waals surface area (Å²) in [5.74, 6) is 1.52. The highest BCUT2D eigenvalue weighted by Gasteiger charge is 2.12. The molecule has 3 heterocycles. The zero-order valence-corrected chi connectivity index (χ0v) is 19.0. The molecule has 0 saturated carbocycles. The first-order chi connectivity index (χ1) is 16.3. The molecule has 2 aromatic heterocycles. The Kier molecular flexibility index (Phi) is 6.28. The lowest BCUT2D eigenvalue weighted by Gasteiger charge is -2.23. The summed E-state index contributed by atoms with van der Waals surface area (Å²) in [5, 5.41) is 7.64. The number of aromatic nitrogens is 5. The number of hydrogen-bond donors (Lipinski definition) is 1. The summed E-state index contributed by atoms with van der Waals surface area (Å²) in [7, 11) is 0. The smallest absolute Gasteiger partial charge is 0.227 e. The van der Waals surface area contributed by atoms with Crippen molar-refractivity contribution in [3.05, 3.63) is 72.9 Å². The summed E-state index contributed by atoms with van der Waals surface area (Å²) in [6.45, 7) is 4.33. The summed E-state index contributed by atoms with van der Waals surface area (Å²) < 4.78 is 1.86. The number of aryl methyl sites for hydroxylation is 1. The van der Waals surface area contributed by atoms with Crippen molar-refractivity contribution in [2.75, 3.05) is 23.3 Å². The molecule has 0 atom stereocenters. The summed E-state index contributed by atoms with van der Waals surface area (Å²) in [5.41, 5.74) is 5.20. The second-order valence-electron chi connectivity index (χ2n) is 8.33. The Morgan fingerprint density at radius 3 is 2.48 bits per heavy atom. The van der Waals surface area contributed by atoms with E-state index in [2.05, 4.69) is 56.5 Å². The third-order valence-electron chi connectivity index (χ3n) is 6.07. The molecule has 1 aliphatic heterocycles. The second-order valence-corrected chi connectivity index (χ2v) is 8.33. The number of hydrogen-bond acceptors (Lipinski definition) is 6. The van der Waals surface area contributed by atoms with Gasteiger partial charge in [0.25, 0.3) is 0 Å². The van der Waals surface area contributed by atoms with E-state index in [1.807, 2.05) is 35.0 Å². The Hall–Kier alpha value is -3.74. The van der Waals surface area contributed by atoms with Gasteiger partial charge in [-0.05, 0) is 55.3 Å². The molecule has 0 amide bonds. The second kappa shape index (κ2) is 9.81. The van der Waals surface area contributed by atoms with Crippen LogP contribution in [0, 0.1) is 0 Å². The van der Waals surface area contributed by atoms with Gasteiger partial charge in [-0.15, -0.1) is 0 Å². The first-order valence-corrected chi connectivity index (χ1v) is 11.7. The molecule has 168 valence electrons. The van der Waals surface area contributed by atoms with Crippen LogP contribution < -0.4 is 10.2 Å². The minimum absolute atomic E-state index is 0.579. The van der Waals surface area contributed by atoms with E-state index in [0.29, 0.717) is 5.95 Å². The van der Waals surface area contributed by atoms with E-state index >= 15 is 0 Å². The van der Waals surface area contributed by atoms with Crippen LogP contribution in [0.25, 0.3) is 16.9 Å². The highest BCUT2D eigenvalue weighted by Crippen LogP contribution is 2.26. The molecule has 0 bridgehead atoms. The molecule has 7 heteroatoms. The molecule has 1 saturated heterocycles. The lowest BCUT2D eigenvalue weighted by atomic mass is 10.1. The predicted molar refractivity (Wildman–Crippen MR) is 132 cm³/mol. The number of nitrogens with one attached hydrogen (secondary N) is 1. The van der Waals surface area contributed by atoms with Crippen LogP contribution in [0.5, 0.6) is 0 Å². The molecule has 7 nitrogen and oxygen atoms in total. The Balaban J connectivity index is 1.33. The van der Waals surface area contributed by atoms with Gasteiger partial charge in [-0.25, -0.2) is 19.6 Å². The third kappa shape index (κ3) is 4.87. The fraction of sp³-hybridized carbons (Fsp3) is 0.308. The summed E-state index contributed by atoms with van der Waals surface area (Å²) in [6.07, 6.45) is 9.42. The molecule has 1 fully saturated rings. The highest BCUT2D eigenvalue weighted by molar-refractivity contribution is 5.67. The Bertz CT molecular complexity index is 1190. The quantitative estimate of drug-likeness (QED) is 0.433. The maximum absolute atomic E-state index is 4.77. The minimum Gasteiger partial charge on any atom is -0.372 e. The predicted octanol–water partition coefficient (Wildman–Crippen LogP) is 5.41. The van der Waals surface area contributed by atoms with Crippen LogP contribution in [-0.2, 0) is 6.42 Å². The summed E-state index contributed by atoms with van der Waals surface area (Å²) in [4.78, 5) is 16.0. The number of benzene rings is 2. The maximum Gasteiger partial charge on any atom is 0.227 e. The van der Waals surface area contributed by atoms with E-state index in [-0.39, 0.29) is 0 Å². The molecule has 1 aliphatic rings. The topological polar surface area (TPSA) is 71.8 Å². The molecule has 33 heavy (non-hydrogen) atoms. The van der Waals surface area contributed by atoms with Gasteiger partial charge in [-0.3, -0.25) is 0 Å².